The van der Waals surface area contributed by atoms with Gasteiger partial charge in [-0.1, -0.05) is 12.1 Å². The first kappa shape index (κ1) is 14.9. The van der Waals surface area contributed by atoms with Crippen LogP contribution in [0.15, 0.2) is 30.3 Å². The normalized spacial score (nSPS) is 12.1. The van der Waals surface area contributed by atoms with Gasteiger partial charge in [0.1, 0.15) is 0 Å². The SMILES string of the molecule is Cc1cc(C)c(C(=O)O)cc1NC(=O)c1cccc2c1OCO2. The molecule has 0 fully saturated rings. The number of nitrogens with one attached hydrogen (secondary N) is 1. The number of hydrogen-bond acceptors (Lipinski definition) is 4. The van der Waals surface area contributed by atoms with E-state index in [0.717, 1.165) is 5.56 Å². The smallest absolute Gasteiger partial charge is 0.336 e. The van der Waals surface area contributed by atoms with E-state index in [2.05, 4.69) is 5.32 Å². The fourth-order valence-electron chi connectivity index (χ4n) is 2.52. The second-order valence-electron chi connectivity index (χ2n) is 5.28. The number of ether oxygens (including phenoxy) is 2. The lowest BCUT2D eigenvalue weighted by Gasteiger charge is -2.12. The Kier molecular flexibility index (Phi) is 3.65. The van der Waals surface area contributed by atoms with Gasteiger partial charge in [-0.05, 0) is 43.2 Å². The van der Waals surface area contributed by atoms with Crippen LogP contribution in [0, 0.1) is 13.8 Å². The van der Waals surface area contributed by atoms with E-state index in [-0.39, 0.29) is 18.3 Å². The van der Waals surface area contributed by atoms with Crippen LogP contribution in [0.25, 0.3) is 0 Å². The molecule has 0 saturated carbocycles. The number of anilines is 1. The van der Waals surface area contributed by atoms with Crippen molar-refractivity contribution in [2.24, 2.45) is 0 Å². The van der Waals surface area contributed by atoms with Gasteiger partial charge in [0.25, 0.3) is 5.91 Å². The van der Waals surface area contributed by atoms with Crippen LogP contribution in [0.4, 0.5) is 5.69 Å². The standard InChI is InChI=1S/C17H15NO5/c1-9-6-10(2)13(7-12(9)17(20)21)18-16(19)11-4-3-5-14-15(11)23-8-22-14/h3-7H,8H2,1-2H3,(H,18,19)(H,20,21). The van der Waals surface area contributed by atoms with Crippen molar-refractivity contribution in [2.75, 3.05) is 12.1 Å². The van der Waals surface area contributed by atoms with Crippen molar-refractivity contribution in [1.29, 1.82) is 0 Å². The van der Waals surface area contributed by atoms with Crippen LogP contribution in [-0.2, 0) is 0 Å². The number of benzene rings is 2. The maximum atomic E-state index is 12.5. The highest BCUT2D eigenvalue weighted by Crippen LogP contribution is 2.35. The average molecular weight is 313 g/mol. The Hall–Kier alpha value is -3.02. The van der Waals surface area contributed by atoms with Gasteiger partial charge in [-0.15, -0.1) is 0 Å². The summed E-state index contributed by atoms with van der Waals surface area (Å²) >= 11 is 0. The Labute approximate surface area is 132 Å². The molecule has 3 rings (SSSR count). The lowest BCUT2D eigenvalue weighted by molar-refractivity contribution is 0.0695. The van der Waals surface area contributed by atoms with Crippen LogP contribution < -0.4 is 14.8 Å². The quantitative estimate of drug-likeness (QED) is 0.910. The minimum absolute atomic E-state index is 0.0757. The number of carbonyl (C=O) groups excluding carboxylic acids is 1. The fourth-order valence-corrected chi connectivity index (χ4v) is 2.52. The average Bonchev–Trinajstić information content (AvgIpc) is 2.97. The lowest BCUT2D eigenvalue weighted by atomic mass is 10.0. The molecule has 118 valence electrons. The predicted octanol–water partition coefficient (Wildman–Crippen LogP) is 2.98. The zero-order chi connectivity index (χ0) is 16.6. The second-order valence-corrected chi connectivity index (χ2v) is 5.28. The Morgan fingerprint density at radius 1 is 1.09 bits per heavy atom. The highest BCUT2D eigenvalue weighted by molar-refractivity contribution is 6.07. The van der Waals surface area contributed by atoms with Crippen LogP contribution in [0.2, 0.25) is 0 Å². The Bertz CT molecular complexity index is 813. The van der Waals surface area contributed by atoms with E-state index in [1.54, 1.807) is 31.2 Å². The van der Waals surface area contributed by atoms with Gasteiger partial charge in [-0.25, -0.2) is 4.79 Å². The molecule has 0 bridgehead atoms. The molecule has 1 aliphatic rings. The molecule has 2 aromatic rings. The topological polar surface area (TPSA) is 84.9 Å². The third-order valence-corrected chi connectivity index (χ3v) is 3.69. The highest BCUT2D eigenvalue weighted by Gasteiger charge is 2.22. The molecule has 2 aromatic carbocycles. The predicted molar refractivity (Wildman–Crippen MR) is 83.4 cm³/mol. The van der Waals surface area contributed by atoms with Crippen molar-refractivity contribution >= 4 is 17.6 Å². The molecule has 0 aliphatic carbocycles. The van der Waals surface area contributed by atoms with Gasteiger partial charge in [0.15, 0.2) is 11.5 Å². The van der Waals surface area contributed by atoms with Gasteiger partial charge in [0.2, 0.25) is 6.79 Å². The summed E-state index contributed by atoms with van der Waals surface area (Å²) in [6.07, 6.45) is 0. The molecular weight excluding hydrogens is 298 g/mol. The summed E-state index contributed by atoms with van der Waals surface area (Å²) in [5, 5.41) is 12.0. The van der Waals surface area contributed by atoms with E-state index in [1.807, 2.05) is 6.92 Å². The lowest BCUT2D eigenvalue weighted by Crippen LogP contribution is -2.14. The van der Waals surface area contributed by atoms with Crippen molar-refractivity contribution < 1.29 is 24.2 Å². The number of carboxylic acid groups (broad SMARTS) is 1. The van der Waals surface area contributed by atoms with Crippen LogP contribution in [-0.4, -0.2) is 23.8 Å². The first-order valence-electron chi connectivity index (χ1n) is 7.02. The monoisotopic (exact) mass is 313 g/mol. The van der Waals surface area contributed by atoms with Gasteiger partial charge in [0, 0.05) is 5.69 Å². The zero-order valence-electron chi connectivity index (χ0n) is 12.7. The number of aryl methyl sites for hydroxylation is 2. The van der Waals surface area contributed by atoms with Crippen LogP contribution in [0.5, 0.6) is 11.5 Å². The molecule has 2 N–H and O–H groups in total. The van der Waals surface area contributed by atoms with Crippen molar-refractivity contribution in [3.05, 3.63) is 52.6 Å². The molecule has 1 aliphatic heterocycles. The minimum Gasteiger partial charge on any atom is -0.478 e. The van der Waals surface area contributed by atoms with Crippen LogP contribution in [0.3, 0.4) is 0 Å². The summed E-state index contributed by atoms with van der Waals surface area (Å²) in [7, 11) is 0. The van der Waals surface area contributed by atoms with E-state index in [1.165, 1.54) is 6.07 Å². The van der Waals surface area contributed by atoms with Crippen molar-refractivity contribution in [1.82, 2.24) is 0 Å². The first-order valence-corrected chi connectivity index (χ1v) is 7.02. The third-order valence-electron chi connectivity index (χ3n) is 3.69. The Balaban J connectivity index is 1.94. The molecule has 0 spiro atoms. The largest absolute Gasteiger partial charge is 0.478 e. The number of para-hydroxylation sites is 1. The molecular formula is C17H15NO5. The summed E-state index contributed by atoms with van der Waals surface area (Å²) in [4.78, 5) is 23.7. The fraction of sp³-hybridized carbons (Fsp3) is 0.176. The van der Waals surface area contributed by atoms with E-state index in [4.69, 9.17) is 9.47 Å². The molecule has 0 saturated heterocycles. The van der Waals surface area contributed by atoms with Gasteiger partial charge in [0.05, 0.1) is 11.1 Å². The van der Waals surface area contributed by atoms with Crippen LogP contribution in [0.1, 0.15) is 31.8 Å². The van der Waals surface area contributed by atoms with E-state index in [9.17, 15) is 14.7 Å². The van der Waals surface area contributed by atoms with E-state index < -0.39 is 5.97 Å². The molecule has 0 aromatic heterocycles. The molecule has 0 radical (unpaired) electrons. The number of rotatable bonds is 3. The minimum atomic E-state index is -1.03. The number of fused-ring (bicyclic) bond motifs is 1. The molecule has 6 nitrogen and oxygen atoms in total. The first-order chi connectivity index (χ1) is 11.0. The Morgan fingerprint density at radius 2 is 1.87 bits per heavy atom. The Morgan fingerprint density at radius 3 is 2.61 bits per heavy atom. The van der Waals surface area contributed by atoms with Crippen LogP contribution >= 0.6 is 0 Å². The highest BCUT2D eigenvalue weighted by atomic mass is 16.7. The maximum absolute atomic E-state index is 12.5. The number of amides is 1. The molecule has 0 unspecified atom stereocenters. The van der Waals surface area contributed by atoms with Crippen molar-refractivity contribution in [2.45, 2.75) is 13.8 Å². The maximum Gasteiger partial charge on any atom is 0.336 e. The molecule has 1 heterocycles. The van der Waals surface area contributed by atoms with Gasteiger partial charge < -0.3 is 19.9 Å². The second kappa shape index (κ2) is 5.64. The molecule has 0 atom stereocenters. The third kappa shape index (κ3) is 2.70. The van der Waals surface area contributed by atoms with Gasteiger partial charge in [-0.2, -0.15) is 0 Å². The number of carbonyl (C=O) groups is 2. The molecule has 1 amide bonds. The van der Waals surface area contributed by atoms with E-state index >= 15 is 0 Å². The summed E-state index contributed by atoms with van der Waals surface area (Å²) in [6, 6.07) is 8.25. The summed E-state index contributed by atoms with van der Waals surface area (Å²) in [6.45, 7) is 3.60. The van der Waals surface area contributed by atoms with E-state index in [0.29, 0.717) is 28.3 Å². The number of aromatic carboxylic acids is 1. The summed E-state index contributed by atoms with van der Waals surface area (Å²) in [5.41, 5.74) is 2.38. The molecule has 6 heteroatoms. The molecule has 23 heavy (non-hydrogen) atoms. The van der Waals surface area contributed by atoms with Crippen molar-refractivity contribution in [3.8, 4) is 11.5 Å². The van der Waals surface area contributed by atoms with Gasteiger partial charge >= 0.3 is 5.97 Å². The van der Waals surface area contributed by atoms with Gasteiger partial charge in [-0.3, -0.25) is 4.79 Å². The number of carboxylic acids is 1. The summed E-state index contributed by atoms with van der Waals surface area (Å²) < 4.78 is 10.6. The van der Waals surface area contributed by atoms with Crippen molar-refractivity contribution in [3.63, 3.8) is 0 Å². The zero-order valence-corrected chi connectivity index (χ0v) is 12.7. The number of hydrogen-bond donors (Lipinski definition) is 2. The summed E-state index contributed by atoms with van der Waals surface area (Å²) in [5.74, 6) is -0.497.